The minimum atomic E-state index is 0.312. The smallest absolute Gasteiger partial charge is 0.166 e. The lowest BCUT2D eigenvalue weighted by atomic mass is 10.2. The van der Waals surface area contributed by atoms with Crippen LogP contribution >= 0.6 is 23.2 Å². The van der Waals surface area contributed by atoms with Crippen LogP contribution in [0.5, 0.6) is 11.5 Å². The predicted octanol–water partition coefficient (Wildman–Crippen LogP) is 3.96. The van der Waals surface area contributed by atoms with Crippen molar-refractivity contribution in [2.24, 2.45) is 7.05 Å². The second kappa shape index (κ2) is 7.05. The molecule has 0 saturated carbocycles. The van der Waals surface area contributed by atoms with Gasteiger partial charge in [0.25, 0.3) is 0 Å². The second-order valence-electron chi connectivity index (χ2n) is 4.56. The maximum absolute atomic E-state index is 6.32. The molecule has 2 rings (SSSR count). The average Bonchev–Trinajstić information content (AvgIpc) is 2.78. The minimum absolute atomic E-state index is 0.312. The van der Waals surface area contributed by atoms with Crippen LogP contribution < -0.4 is 9.47 Å². The Morgan fingerprint density at radius 3 is 2.67 bits per heavy atom. The summed E-state index contributed by atoms with van der Waals surface area (Å²) in [7, 11) is 3.46. The van der Waals surface area contributed by atoms with Crippen LogP contribution in [0.1, 0.15) is 23.9 Å². The number of nitrogens with zero attached hydrogens (tertiary/aromatic N) is 2. The largest absolute Gasteiger partial charge is 0.493 e. The molecule has 6 heteroatoms. The highest BCUT2D eigenvalue weighted by Crippen LogP contribution is 2.33. The normalized spacial score (nSPS) is 10.7. The summed E-state index contributed by atoms with van der Waals surface area (Å²) in [5.74, 6) is 1.65. The van der Waals surface area contributed by atoms with Crippen LogP contribution in [0.4, 0.5) is 0 Å². The Balaban J connectivity index is 2.26. The first-order valence-corrected chi connectivity index (χ1v) is 7.58. The van der Waals surface area contributed by atoms with Gasteiger partial charge >= 0.3 is 0 Å². The number of rotatable bonds is 6. The number of benzene rings is 1. The number of hydrogen-bond donors (Lipinski definition) is 0. The minimum Gasteiger partial charge on any atom is -0.493 e. The summed E-state index contributed by atoms with van der Waals surface area (Å²) in [5.41, 5.74) is 2.58. The lowest BCUT2D eigenvalue weighted by Gasteiger charge is -2.14. The lowest BCUT2D eigenvalue weighted by Crippen LogP contribution is -2.05. The number of aromatic nitrogens is 2. The Hall–Kier alpha value is -1.39. The van der Waals surface area contributed by atoms with Gasteiger partial charge in [-0.15, -0.1) is 11.6 Å². The van der Waals surface area contributed by atoms with Crippen LogP contribution in [0.25, 0.3) is 0 Å². The Bertz CT molecular complexity index is 604. The summed E-state index contributed by atoms with van der Waals surface area (Å²) in [6.45, 7) is 2.33. The van der Waals surface area contributed by atoms with Crippen LogP contribution in [0.3, 0.4) is 0 Å². The summed E-state index contributed by atoms with van der Waals surface area (Å²) in [4.78, 5) is 0. The lowest BCUT2D eigenvalue weighted by molar-refractivity contribution is 0.273. The van der Waals surface area contributed by atoms with Crippen LogP contribution in [-0.4, -0.2) is 16.9 Å². The number of methoxy groups -OCH3 is 1. The molecule has 0 bridgehead atoms. The Morgan fingerprint density at radius 1 is 1.33 bits per heavy atom. The fourth-order valence-corrected chi connectivity index (χ4v) is 2.67. The molecule has 1 heterocycles. The zero-order valence-electron chi connectivity index (χ0n) is 12.3. The molecule has 0 radical (unpaired) electrons. The Kier molecular flexibility index (Phi) is 5.37. The predicted molar refractivity (Wildman–Crippen MR) is 84.5 cm³/mol. The molecule has 0 spiro atoms. The summed E-state index contributed by atoms with van der Waals surface area (Å²) in [6.07, 6.45) is 0.786. The highest BCUT2D eigenvalue weighted by molar-refractivity contribution is 6.31. The molecular weight excluding hydrogens is 311 g/mol. The maximum Gasteiger partial charge on any atom is 0.166 e. The number of alkyl halides is 1. The molecule has 1 aromatic carbocycles. The molecule has 1 aromatic heterocycles. The van der Waals surface area contributed by atoms with E-state index in [-0.39, 0.29) is 0 Å². The van der Waals surface area contributed by atoms with Gasteiger partial charge in [0.2, 0.25) is 0 Å². The molecule has 0 amide bonds. The summed E-state index contributed by atoms with van der Waals surface area (Å²) >= 11 is 12.3. The van der Waals surface area contributed by atoms with Crippen molar-refractivity contribution in [2.75, 3.05) is 7.11 Å². The van der Waals surface area contributed by atoms with E-state index >= 15 is 0 Å². The molecule has 0 fully saturated rings. The average molecular weight is 329 g/mol. The van der Waals surface area contributed by atoms with Gasteiger partial charge < -0.3 is 9.47 Å². The fraction of sp³-hybridized carbons (Fsp3) is 0.400. The van der Waals surface area contributed by atoms with Gasteiger partial charge in [0.1, 0.15) is 6.61 Å². The van der Waals surface area contributed by atoms with E-state index in [0.717, 1.165) is 23.4 Å². The third-order valence-corrected chi connectivity index (χ3v) is 4.00. The molecule has 21 heavy (non-hydrogen) atoms. The Labute approximate surface area is 134 Å². The van der Waals surface area contributed by atoms with E-state index in [2.05, 4.69) is 5.10 Å². The Morgan fingerprint density at radius 2 is 2.10 bits per heavy atom. The van der Waals surface area contributed by atoms with Crippen molar-refractivity contribution in [3.05, 3.63) is 40.2 Å². The van der Waals surface area contributed by atoms with Crippen molar-refractivity contribution in [2.45, 2.75) is 25.8 Å². The van der Waals surface area contributed by atoms with E-state index < -0.39 is 0 Å². The molecule has 0 aliphatic rings. The fourth-order valence-electron chi connectivity index (χ4n) is 2.11. The molecule has 0 atom stereocenters. The van der Waals surface area contributed by atoms with E-state index in [4.69, 9.17) is 32.7 Å². The van der Waals surface area contributed by atoms with Crippen molar-refractivity contribution in [1.82, 2.24) is 9.78 Å². The van der Waals surface area contributed by atoms with Crippen LogP contribution in [0, 0.1) is 0 Å². The molecule has 2 aromatic rings. The molecule has 114 valence electrons. The van der Waals surface area contributed by atoms with Gasteiger partial charge in [0, 0.05) is 12.6 Å². The molecule has 0 aliphatic heterocycles. The van der Waals surface area contributed by atoms with Crippen LogP contribution in [0.15, 0.2) is 18.2 Å². The summed E-state index contributed by atoms with van der Waals surface area (Å²) in [6, 6.07) is 5.64. The van der Waals surface area contributed by atoms with Crippen molar-refractivity contribution in [3.8, 4) is 11.5 Å². The van der Waals surface area contributed by atoms with E-state index in [0.29, 0.717) is 29.0 Å². The molecular formula is C15H18Cl2N2O2. The van der Waals surface area contributed by atoms with Gasteiger partial charge in [-0.2, -0.15) is 5.10 Å². The van der Waals surface area contributed by atoms with E-state index in [9.17, 15) is 0 Å². The second-order valence-corrected chi connectivity index (χ2v) is 5.20. The van der Waals surface area contributed by atoms with Gasteiger partial charge in [-0.05, 0) is 12.5 Å². The van der Waals surface area contributed by atoms with Gasteiger partial charge in [-0.25, -0.2) is 0 Å². The maximum atomic E-state index is 6.32. The van der Waals surface area contributed by atoms with E-state index in [1.54, 1.807) is 11.8 Å². The molecule has 4 nitrogen and oxygen atoms in total. The number of para-hydroxylation sites is 1. The van der Waals surface area contributed by atoms with E-state index in [1.807, 2.05) is 32.2 Å². The van der Waals surface area contributed by atoms with Crippen LogP contribution in [-0.2, 0) is 26.0 Å². The highest BCUT2D eigenvalue weighted by Gasteiger charge is 2.16. The molecule has 0 N–H and O–H groups in total. The van der Waals surface area contributed by atoms with Crippen LogP contribution in [0.2, 0.25) is 5.02 Å². The first-order chi connectivity index (χ1) is 10.1. The SMILES string of the molecule is CCc1nn(C)c(COc2c(CCl)cccc2OC)c1Cl. The van der Waals surface area contributed by atoms with Gasteiger partial charge in [-0.3, -0.25) is 4.68 Å². The number of aryl methyl sites for hydroxylation is 2. The quantitative estimate of drug-likeness (QED) is 0.753. The summed E-state index contributed by atoms with van der Waals surface area (Å²) < 4.78 is 13.0. The zero-order valence-corrected chi connectivity index (χ0v) is 13.8. The van der Waals surface area contributed by atoms with Crippen molar-refractivity contribution >= 4 is 23.2 Å². The topological polar surface area (TPSA) is 36.3 Å². The standard InChI is InChI=1S/C15H18Cl2N2O2/c1-4-11-14(17)12(19(2)18-11)9-21-15-10(8-16)6-5-7-13(15)20-3/h5-7H,4,8-9H2,1-3H3. The van der Waals surface area contributed by atoms with Crippen molar-refractivity contribution < 1.29 is 9.47 Å². The highest BCUT2D eigenvalue weighted by atomic mass is 35.5. The van der Waals surface area contributed by atoms with Gasteiger partial charge in [0.15, 0.2) is 11.5 Å². The number of halogens is 2. The van der Waals surface area contributed by atoms with Crippen molar-refractivity contribution in [1.29, 1.82) is 0 Å². The van der Waals surface area contributed by atoms with Gasteiger partial charge in [0.05, 0.1) is 29.4 Å². The molecule has 0 saturated heterocycles. The summed E-state index contributed by atoms with van der Waals surface area (Å²) in [5, 5.41) is 5.03. The third-order valence-electron chi connectivity index (χ3n) is 3.28. The molecule has 0 unspecified atom stereocenters. The first-order valence-electron chi connectivity index (χ1n) is 6.67. The van der Waals surface area contributed by atoms with E-state index in [1.165, 1.54) is 0 Å². The van der Waals surface area contributed by atoms with Gasteiger partial charge in [-0.1, -0.05) is 30.7 Å². The number of ether oxygens (including phenoxy) is 2. The zero-order chi connectivity index (χ0) is 15.4. The third kappa shape index (κ3) is 3.27. The monoisotopic (exact) mass is 328 g/mol. The van der Waals surface area contributed by atoms with Crippen molar-refractivity contribution in [3.63, 3.8) is 0 Å². The number of hydrogen-bond acceptors (Lipinski definition) is 3. The molecule has 0 aliphatic carbocycles. The first kappa shape index (κ1) is 16.0.